The number of rotatable bonds is 23. The van der Waals surface area contributed by atoms with Gasteiger partial charge in [-0.15, -0.1) is 0 Å². The van der Waals surface area contributed by atoms with Crippen LogP contribution >= 0.6 is 0 Å². The second-order valence-corrected chi connectivity index (χ2v) is 13.6. The predicted molar refractivity (Wildman–Crippen MR) is 195 cm³/mol. The first kappa shape index (κ1) is 43.2. The fourth-order valence-corrected chi connectivity index (χ4v) is 5.12. The summed E-state index contributed by atoms with van der Waals surface area (Å²) >= 11 is 0. The first-order valence-electron chi connectivity index (χ1n) is 17.7. The van der Waals surface area contributed by atoms with Crippen LogP contribution in [0.2, 0.25) is 0 Å². The molecule has 4 atom stereocenters. The van der Waals surface area contributed by atoms with Gasteiger partial charge in [0.05, 0.1) is 30.5 Å². The summed E-state index contributed by atoms with van der Waals surface area (Å²) in [6, 6.07) is 7.65. The zero-order chi connectivity index (χ0) is 38.6. The Kier molecular flexibility index (Phi) is 18.9. The minimum Gasteiger partial charge on any atom is -0.368 e. The Bertz CT molecular complexity index is 1400. The molecule has 6 amide bonds. The molecule has 2 rings (SSSR count). The summed E-state index contributed by atoms with van der Waals surface area (Å²) in [6.07, 6.45) is 5.19. The van der Waals surface area contributed by atoms with Gasteiger partial charge in [-0.3, -0.25) is 43.6 Å². The van der Waals surface area contributed by atoms with E-state index in [2.05, 4.69) is 41.5 Å². The Morgan fingerprint density at radius 1 is 0.712 bits per heavy atom. The van der Waals surface area contributed by atoms with Gasteiger partial charge in [0.15, 0.2) is 0 Å². The normalized spacial score (nSPS) is 13.5. The monoisotopic (exact) mass is 724 g/mol. The fraction of sp³-hybridized carbons (Fsp3) is 0.556. The van der Waals surface area contributed by atoms with Gasteiger partial charge in [-0.25, -0.2) is 0 Å². The van der Waals surface area contributed by atoms with E-state index in [0.29, 0.717) is 38.9 Å². The third-order valence-electron chi connectivity index (χ3n) is 8.07. The van der Waals surface area contributed by atoms with Crippen LogP contribution in [0, 0.1) is 11.8 Å². The predicted octanol–water partition coefficient (Wildman–Crippen LogP) is -0.129. The zero-order valence-corrected chi connectivity index (χ0v) is 30.9. The lowest BCUT2D eigenvalue weighted by Gasteiger charge is -2.24. The maximum Gasteiger partial charge on any atom is 0.243 e. The van der Waals surface area contributed by atoms with Crippen molar-refractivity contribution in [1.29, 1.82) is 0 Å². The Balaban J connectivity index is 2.09. The van der Waals surface area contributed by atoms with Gasteiger partial charge < -0.3 is 38.1 Å². The Hall–Kier alpha value is -4.96. The molecule has 0 bridgehead atoms. The van der Waals surface area contributed by atoms with Crippen LogP contribution < -0.4 is 38.1 Å². The van der Waals surface area contributed by atoms with Crippen molar-refractivity contribution in [3.05, 3.63) is 60.2 Å². The van der Waals surface area contributed by atoms with Crippen molar-refractivity contribution < 1.29 is 28.8 Å². The molecule has 0 aliphatic carbocycles. The number of hydrogen-bond acceptors (Lipinski definition) is 10. The van der Waals surface area contributed by atoms with E-state index < -0.39 is 72.7 Å². The largest absolute Gasteiger partial charge is 0.368 e. The molecular weight excluding hydrogens is 668 g/mol. The van der Waals surface area contributed by atoms with Gasteiger partial charge in [-0.05, 0) is 75.3 Å². The van der Waals surface area contributed by atoms with E-state index >= 15 is 0 Å². The second kappa shape index (κ2) is 22.8. The maximum absolute atomic E-state index is 13.4. The van der Waals surface area contributed by atoms with Gasteiger partial charge in [0.1, 0.15) is 18.1 Å². The van der Waals surface area contributed by atoms with Gasteiger partial charge in [-0.1, -0.05) is 39.8 Å². The van der Waals surface area contributed by atoms with E-state index in [9.17, 15) is 28.8 Å². The highest BCUT2D eigenvalue weighted by Gasteiger charge is 2.28. The van der Waals surface area contributed by atoms with Gasteiger partial charge in [0.2, 0.25) is 35.4 Å². The molecule has 52 heavy (non-hydrogen) atoms. The SMILES string of the molecule is CC(C)C[C@H](NC(=O)[C@@H](N)C(C)C)C(=O)NCC(=O)N[C@@H](CCCCN(Cc1ccccn1)Cc1ccccn1)C(=O)N[C@@H](C)C(=O)NCC(N)=O. The highest BCUT2D eigenvalue weighted by molar-refractivity contribution is 5.95. The molecule has 0 radical (unpaired) electrons. The summed E-state index contributed by atoms with van der Waals surface area (Å²) in [6.45, 7) is 9.78. The minimum absolute atomic E-state index is 0.0548. The van der Waals surface area contributed by atoms with Crippen LogP contribution in [0.15, 0.2) is 48.8 Å². The molecule has 0 aliphatic heterocycles. The van der Waals surface area contributed by atoms with E-state index in [4.69, 9.17) is 11.5 Å². The molecule has 0 aliphatic rings. The van der Waals surface area contributed by atoms with Crippen LogP contribution in [0.3, 0.4) is 0 Å². The van der Waals surface area contributed by atoms with Crippen molar-refractivity contribution in [2.24, 2.45) is 23.3 Å². The Morgan fingerprint density at radius 2 is 1.31 bits per heavy atom. The van der Waals surface area contributed by atoms with Crippen LogP contribution in [0.4, 0.5) is 0 Å². The van der Waals surface area contributed by atoms with Gasteiger partial charge in [-0.2, -0.15) is 0 Å². The first-order chi connectivity index (χ1) is 24.7. The quantitative estimate of drug-likeness (QED) is 0.0749. The van der Waals surface area contributed by atoms with Crippen molar-refractivity contribution in [2.75, 3.05) is 19.6 Å². The summed E-state index contributed by atoms with van der Waals surface area (Å²) in [5.74, 6) is -3.73. The van der Waals surface area contributed by atoms with Gasteiger partial charge in [0.25, 0.3) is 0 Å². The standard InChI is InChI=1S/C36H56N10O6/c1-23(2)18-29(45-36(52)32(38)24(3)4)34(50)42-20-31(48)44-28(35(51)43-25(5)33(49)41-19-30(37)47)14-8-11-17-46(21-26-12-6-9-15-39-26)22-27-13-7-10-16-40-27/h6-7,9-10,12-13,15-16,23-25,28-29,32H,8,11,14,17-22,38H2,1-5H3,(H2,37,47)(H,41,49)(H,42,50)(H,43,51)(H,44,48)(H,45,52)/t25-,28-,29-,32-/m0/s1. The van der Waals surface area contributed by atoms with Crippen molar-refractivity contribution in [2.45, 2.75) is 97.6 Å². The van der Waals surface area contributed by atoms with E-state index in [-0.39, 0.29) is 18.3 Å². The number of carbonyl (C=O) groups excluding carboxylic acids is 6. The van der Waals surface area contributed by atoms with Crippen LogP contribution in [-0.2, 0) is 41.9 Å². The second-order valence-electron chi connectivity index (χ2n) is 13.6. The van der Waals surface area contributed by atoms with Crippen LogP contribution in [-0.4, -0.2) is 94.1 Å². The molecule has 0 aromatic carbocycles. The summed E-state index contributed by atoms with van der Waals surface area (Å²) in [5, 5.41) is 12.8. The molecule has 2 heterocycles. The lowest BCUT2D eigenvalue weighted by atomic mass is 10.0. The summed E-state index contributed by atoms with van der Waals surface area (Å²) < 4.78 is 0. The molecule has 16 nitrogen and oxygen atoms in total. The lowest BCUT2D eigenvalue weighted by Crippen LogP contribution is -2.56. The van der Waals surface area contributed by atoms with Crippen molar-refractivity contribution in [3.63, 3.8) is 0 Å². The number of primary amides is 1. The molecule has 9 N–H and O–H groups in total. The summed E-state index contributed by atoms with van der Waals surface area (Å²) in [4.78, 5) is 86.8. The number of amides is 6. The van der Waals surface area contributed by atoms with E-state index in [1.165, 1.54) is 6.92 Å². The number of nitrogens with one attached hydrogen (secondary N) is 5. The van der Waals surface area contributed by atoms with Gasteiger partial charge in [0, 0.05) is 25.5 Å². The number of hydrogen-bond donors (Lipinski definition) is 7. The summed E-state index contributed by atoms with van der Waals surface area (Å²) in [7, 11) is 0. The number of unbranched alkanes of at least 4 members (excludes halogenated alkanes) is 1. The molecule has 0 fully saturated rings. The fourth-order valence-electron chi connectivity index (χ4n) is 5.12. The number of carbonyl (C=O) groups is 6. The molecule has 16 heteroatoms. The Labute approximate surface area is 306 Å². The average molecular weight is 725 g/mol. The molecular formula is C36H56N10O6. The third-order valence-corrected chi connectivity index (χ3v) is 8.07. The number of nitrogens with two attached hydrogens (primary N) is 2. The zero-order valence-electron chi connectivity index (χ0n) is 30.9. The highest BCUT2D eigenvalue weighted by atomic mass is 16.2. The van der Waals surface area contributed by atoms with Crippen LogP contribution in [0.5, 0.6) is 0 Å². The van der Waals surface area contributed by atoms with E-state index in [0.717, 1.165) is 11.4 Å². The van der Waals surface area contributed by atoms with E-state index in [1.807, 2.05) is 50.2 Å². The van der Waals surface area contributed by atoms with Crippen LogP contribution in [0.1, 0.15) is 71.7 Å². The number of nitrogens with zero attached hydrogens (tertiary/aromatic N) is 3. The lowest BCUT2D eigenvalue weighted by molar-refractivity contribution is -0.133. The van der Waals surface area contributed by atoms with Crippen molar-refractivity contribution >= 4 is 35.4 Å². The highest BCUT2D eigenvalue weighted by Crippen LogP contribution is 2.11. The van der Waals surface area contributed by atoms with Crippen molar-refractivity contribution in [3.8, 4) is 0 Å². The smallest absolute Gasteiger partial charge is 0.243 e. The number of aromatic nitrogens is 2. The molecule has 286 valence electrons. The molecule has 2 aromatic heterocycles. The summed E-state index contributed by atoms with van der Waals surface area (Å²) in [5.41, 5.74) is 12.9. The average Bonchev–Trinajstić information content (AvgIpc) is 3.10. The Morgan fingerprint density at radius 3 is 1.83 bits per heavy atom. The number of pyridine rings is 2. The van der Waals surface area contributed by atoms with E-state index in [1.54, 1.807) is 26.2 Å². The van der Waals surface area contributed by atoms with Gasteiger partial charge >= 0.3 is 0 Å². The third kappa shape index (κ3) is 16.8. The molecule has 0 saturated heterocycles. The first-order valence-corrected chi connectivity index (χ1v) is 17.7. The topological polar surface area (TPSA) is 244 Å². The van der Waals surface area contributed by atoms with Crippen molar-refractivity contribution in [1.82, 2.24) is 41.5 Å². The molecule has 0 saturated carbocycles. The van der Waals surface area contributed by atoms with Crippen LogP contribution in [0.25, 0.3) is 0 Å². The molecule has 2 aromatic rings. The molecule has 0 unspecified atom stereocenters. The molecule has 0 spiro atoms. The minimum atomic E-state index is -1.05. The maximum atomic E-state index is 13.4.